The molecule has 0 spiro atoms. The van der Waals surface area contributed by atoms with Crippen LogP contribution >= 0.6 is 11.6 Å². The number of piperazine rings is 1. The molecule has 35 heavy (non-hydrogen) atoms. The van der Waals surface area contributed by atoms with Gasteiger partial charge >= 0.3 is 6.18 Å². The summed E-state index contributed by atoms with van der Waals surface area (Å²) in [4.78, 5) is 21.1. The molecule has 3 aromatic rings. The Kier molecular flexibility index (Phi) is 7.62. The Morgan fingerprint density at radius 2 is 1.51 bits per heavy atom. The number of anilines is 1. The maximum absolute atomic E-state index is 13.2. The molecule has 1 atom stereocenters. The highest BCUT2D eigenvalue weighted by Crippen LogP contribution is 2.34. The van der Waals surface area contributed by atoms with E-state index in [0.29, 0.717) is 32.0 Å². The van der Waals surface area contributed by atoms with Crippen molar-refractivity contribution in [1.82, 2.24) is 15.2 Å². The van der Waals surface area contributed by atoms with Crippen LogP contribution in [0.3, 0.4) is 0 Å². The largest absolute Gasteiger partial charge is 0.417 e. The van der Waals surface area contributed by atoms with E-state index >= 15 is 0 Å². The summed E-state index contributed by atoms with van der Waals surface area (Å²) in [6.45, 7) is 3.96. The molecule has 0 saturated carbocycles. The van der Waals surface area contributed by atoms with E-state index in [4.69, 9.17) is 11.6 Å². The number of nitrogens with zero attached hydrogens (tertiary/aromatic N) is 3. The van der Waals surface area contributed by atoms with Gasteiger partial charge in [-0.25, -0.2) is 4.98 Å². The average molecular weight is 503 g/mol. The zero-order chi connectivity index (χ0) is 25.0. The van der Waals surface area contributed by atoms with E-state index in [1.165, 1.54) is 0 Å². The van der Waals surface area contributed by atoms with Crippen molar-refractivity contribution in [3.05, 3.63) is 94.6 Å². The molecule has 1 fully saturated rings. The van der Waals surface area contributed by atoms with E-state index in [9.17, 15) is 18.0 Å². The normalized spacial score (nSPS) is 15.8. The summed E-state index contributed by atoms with van der Waals surface area (Å²) in [5, 5.41) is 3.15. The van der Waals surface area contributed by atoms with E-state index in [2.05, 4.69) is 15.2 Å². The van der Waals surface area contributed by atoms with Gasteiger partial charge in [0.1, 0.15) is 5.82 Å². The summed E-state index contributed by atoms with van der Waals surface area (Å²) >= 11 is 6.11. The molecule has 0 radical (unpaired) electrons. The van der Waals surface area contributed by atoms with Crippen molar-refractivity contribution >= 4 is 23.3 Å². The number of rotatable bonds is 6. The SMILES string of the molecule is C[C@H](C(=O)NC(c1ccccc1)c1ccccc1)N1CCN(c2ncc(C(F)(F)F)cc2Cl)CC1. The van der Waals surface area contributed by atoms with Crippen molar-refractivity contribution in [2.45, 2.75) is 25.2 Å². The number of hydrogen-bond donors (Lipinski definition) is 1. The number of hydrogen-bond acceptors (Lipinski definition) is 4. The van der Waals surface area contributed by atoms with E-state index < -0.39 is 11.7 Å². The standard InChI is InChI=1S/C26H26ClF3N4O/c1-18(25(35)32-23(19-8-4-2-5-9-19)20-10-6-3-7-11-20)33-12-14-34(15-13-33)24-22(27)16-21(17-31-24)26(28,29)30/h2-11,16-18,23H,12-15H2,1H3,(H,32,35)/t18-/m1/s1. The Balaban J connectivity index is 1.41. The zero-order valence-electron chi connectivity index (χ0n) is 19.2. The Labute approximate surface area is 207 Å². The number of benzene rings is 2. The van der Waals surface area contributed by atoms with Gasteiger partial charge < -0.3 is 10.2 Å². The van der Waals surface area contributed by atoms with Crippen LogP contribution < -0.4 is 10.2 Å². The van der Waals surface area contributed by atoms with Crippen LogP contribution in [0.1, 0.15) is 29.7 Å². The van der Waals surface area contributed by atoms with Crippen LogP contribution in [0.5, 0.6) is 0 Å². The Bertz CT molecular complexity index is 1100. The molecule has 1 saturated heterocycles. The zero-order valence-corrected chi connectivity index (χ0v) is 19.9. The number of carbonyl (C=O) groups is 1. The monoisotopic (exact) mass is 502 g/mol. The highest BCUT2D eigenvalue weighted by Gasteiger charge is 2.33. The van der Waals surface area contributed by atoms with Gasteiger partial charge in [-0.15, -0.1) is 0 Å². The van der Waals surface area contributed by atoms with Crippen molar-refractivity contribution < 1.29 is 18.0 Å². The van der Waals surface area contributed by atoms with Crippen LogP contribution in [0.15, 0.2) is 72.9 Å². The molecule has 2 heterocycles. The van der Waals surface area contributed by atoms with Crippen molar-refractivity contribution in [2.75, 3.05) is 31.1 Å². The summed E-state index contributed by atoms with van der Waals surface area (Å²) in [5.74, 6) is 0.228. The highest BCUT2D eigenvalue weighted by molar-refractivity contribution is 6.33. The van der Waals surface area contributed by atoms with Gasteiger partial charge in [-0.3, -0.25) is 9.69 Å². The van der Waals surface area contributed by atoms with Crippen LogP contribution in [0.2, 0.25) is 5.02 Å². The van der Waals surface area contributed by atoms with Gasteiger partial charge in [0.15, 0.2) is 0 Å². The quantitative estimate of drug-likeness (QED) is 0.505. The molecule has 1 aromatic heterocycles. The summed E-state index contributed by atoms with van der Waals surface area (Å²) in [7, 11) is 0. The van der Waals surface area contributed by atoms with Crippen molar-refractivity contribution in [3.63, 3.8) is 0 Å². The topological polar surface area (TPSA) is 48.5 Å². The van der Waals surface area contributed by atoms with Crippen LogP contribution in [0, 0.1) is 0 Å². The second-order valence-corrected chi connectivity index (χ2v) is 8.90. The number of amides is 1. The smallest absolute Gasteiger partial charge is 0.353 e. The Morgan fingerprint density at radius 3 is 2.00 bits per heavy atom. The molecule has 1 aliphatic rings. The molecule has 0 unspecified atom stereocenters. The van der Waals surface area contributed by atoms with Crippen LogP contribution in [0.4, 0.5) is 19.0 Å². The molecule has 9 heteroatoms. The molecular weight excluding hydrogens is 477 g/mol. The fourth-order valence-corrected chi connectivity index (χ4v) is 4.50. The van der Waals surface area contributed by atoms with Crippen molar-refractivity contribution in [1.29, 1.82) is 0 Å². The minimum atomic E-state index is -4.49. The van der Waals surface area contributed by atoms with Gasteiger partial charge in [0, 0.05) is 32.4 Å². The molecule has 2 aromatic carbocycles. The van der Waals surface area contributed by atoms with Gasteiger partial charge in [-0.05, 0) is 24.1 Å². The fourth-order valence-electron chi connectivity index (χ4n) is 4.22. The van der Waals surface area contributed by atoms with Gasteiger partial charge in [-0.1, -0.05) is 72.3 Å². The maximum Gasteiger partial charge on any atom is 0.417 e. The van der Waals surface area contributed by atoms with Gasteiger partial charge in [-0.2, -0.15) is 13.2 Å². The first-order chi connectivity index (χ1) is 16.7. The maximum atomic E-state index is 13.2. The molecule has 4 rings (SSSR count). The van der Waals surface area contributed by atoms with E-state index in [1.807, 2.05) is 72.5 Å². The number of aromatic nitrogens is 1. The lowest BCUT2D eigenvalue weighted by Crippen LogP contribution is -2.54. The lowest BCUT2D eigenvalue weighted by molar-refractivity contribution is -0.137. The first-order valence-electron chi connectivity index (χ1n) is 11.4. The number of nitrogens with one attached hydrogen (secondary N) is 1. The lowest BCUT2D eigenvalue weighted by Gasteiger charge is -2.38. The minimum Gasteiger partial charge on any atom is -0.353 e. The summed E-state index contributed by atoms with van der Waals surface area (Å²) in [6.07, 6.45) is -3.69. The van der Waals surface area contributed by atoms with Gasteiger partial charge in [0.2, 0.25) is 5.91 Å². The molecule has 1 N–H and O–H groups in total. The third kappa shape index (κ3) is 5.94. The summed E-state index contributed by atoms with van der Waals surface area (Å²) < 4.78 is 38.7. The van der Waals surface area contributed by atoms with Crippen LogP contribution in [0.25, 0.3) is 0 Å². The number of halogens is 4. The van der Waals surface area contributed by atoms with E-state index in [-0.39, 0.29) is 23.0 Å². The third-order valence-electron chi connectivity index (χ3n) is 6.24. The predicted molar refractivity (Wildman–Crippen MR) is 130 cm³/mol. The number of pyridine rings is 1. The van der Waals surface area contributed by atoms with Crippen LogP contribution in [-0.4, -0.2) is 48.0 Å². The second kappa shape index (κ2) is 10.7. The summed E-state index contributed by atoms with van der Waals surface area (Å²) in [6, 6.07) is 19.9. The second-order valence-electron chi connectivity index (χ2n) is 8.49. The number of alkyl halides is 3. The van der Waals surface area contributed by atoms with Crippen LogP contribution in [-0.2, 0) is 11.0 Å². The van der Waals surface area contributed by atoms with E-state index in [0.717, 1.165) is 23.4 Å². The first kappa shape index (κ1) is 25.0. The Hall–Kier alpha value is -3.10. The fraction of sp³-hybridized carbons (Fsp3) is 0.308. The molecule has 0 bridgehead atoms. The first-order valence-corrected chi connectivity index (χ1v) is 11.7. The highest BCUT2D eigenvalue weighted by atomic mass is 35.5. The molecule has 184 valence electrons. The van der Waals surface area contributed by atoms with Gasteiger partial charge in [0.25, 0.3) is 0 Å². The average Bonchev–Trinajstić information content (AvgIpc) is 2.87. The van der Waals surface area contributed by atoms with Crippen molar-refractivity contribution in [2.24, 2.45) is 0 Å². The van der Waals surface area contributed by atoms with E-state index in [1.54, 1.807) is 0 Å². The predicted octanol–water partition coefficient (Wildman–Crippen LogP) is 5.17. The Morgan fingerprint density at radius 1 is 0.971 bits per heavy atom. The molecule has 1 aliphatic heterocycles. The molecule has 0 aliphatic carbocycles. The summed E-state index contributed by atoms with van der Waals surface area (Å²) in [5.41, 5.74) is 1.11. The third-order valence-corrected chi connectivity index (χ3v) is 6.52. The van der Waals surface area contributed by atoms with Crippen molar-refractivity contribution in [3.8, 4) is 0 Å². The molecular formula is C26H26ClF3N4O. The number of carbonyl (C=O) groups excluding carboxylic acids is 1. The van der Waals surface area contributed by atoms with Gasteiger partial charge in [0.05, 0.1) is 22.7 Å². The molecule has 5 nitrogen and oxygen atoms in total. The lowest BCUT2D eigenvalue weighted by atomic mass is 9.98. The minimum absolute atomic E-state index is 0.0346. The molecule has 1 amide bonds.